The van der Waals surface area contributed by atoms with Crippen LogP contribution in [0.2, 0.25) is 0 Å². The van der Waals surface area contributed by atoms with Crippen LogP contribution in [0.1, 0.15) is 58.3 Å². The molecule has 0 aliphatic heterocycles. The first-order chi connectivity index (χ1) is 13.9. The van der Waals surface area contributed by atoms with Gasteiger partial charge in [0.2, 0.25) is 0 Å². The quantitative estimate of drug-likeness (QED) is 0.0730. The topological polar surface area (TPSA) is 176 Å². The average molecular weight is 521 g/mol. The third-order valence-electron chi connectivity index (χ3n) is 3.76. The molecule has 15 heteroatoms. The SMILES string of the molecule is CCCCCCCCCCOCC(COC(=O)CS(=O)(=O)[O-])OC(=O)CS(=O)(=O)[O-].[Na+].[Na+]. The van der Waals surface area contributed by atoms with Gasteiger partial charge in [0.1, 0.15) is 38.3 Å². The summed E-state index contributed by atoms with van der Waals surface area (Å²) in [7, 11) is -9.70. The molecule has 0 heterocycles. The second-order valence-electron chi connectivity index (χ2n) is 6.75. The Bertz CT molecular complexity index is 712. The van der Waals surface area contributed by atoms with Crippen LogP contribution >= 0.6 is 0 Å². The Morgan fingerprint density at radius 2 is 1.22 bits per heavy atom. The molecule has 1 atom stereocenters. The molecule has 0 aromatic heterocycles. The minimum atomic E-state index is -4.86. The van der Waals surface area contributed by atoms with E-state index in [4.69, 9.17) is 9.47 Å². The smallest absolute Gasteiger partial charge is 0.748 e. The molecule has 0 aromatic rings. The maximum absolute atomic E-state index is 11.5. The van der Waals surface area contributed by atoms with E-state index in [0.717, 1.165) is 25.7 Å². The van der Waals surface area contributed by atoms with E-state index < -0.39 is 56.4 Å². The molecule has 0 fully saturated rings. The number of unbranched alkanes of at least 4 members (excludes halogenated alkanes) is 7. The van der Waals surface area contributed by atoms with Crippen LogP contribution in [0.5, 0.6) is 0 Å². The Balaban J connectivity index is -0.00000420. The summed E-state index contributed by atoms with van der Waals surface area (Å²) in [5.41, 5.74) is 0. The number of esters is 2. The first-order valence-electron chi connectivity index (χ1n) is 9.73. The van der Waals surface area contributed by atoms with Gasteiger partial charge in [-0.3, -0.25) is 9.59 Å². The van der Waals surface area contributed by atoms with Gasteiger partial charge in [0.05, 0.1) is 6.61 Å². The van der Waals surface area contributed by atoms with Gasteiger partial charge in [0.15, 0.2) is 6.10 Å². The first-order valence-corrected chi connectivity index (χ1v) is 12.9. The van der Waals surface area contributed by atoms with Crippen molar-refractivity contribution in [1.82, 2.24) is 0 Å². The van der Waals surface area contributed by atoms with Crippen LogP contribution < -0.4 is 59.1 Å². The molecule has 0 saturated heterocycles. The summed E-state index contributed by atoms with van der Waals surface area (Å²) < 4.78 is 78.0. The normalized spacial score (nSPS) is 12.2. The molecule has 178 valence electrons. The fourth-order valence-corrected chi connectivity index (χ4v) is 3.13. The molecule has 0 aliphatic carbocycles. The van der Waals surface area contributed by atoms with Gasteiger partial charge in [-0.15, -0.1) is 0 Å². The summed E-state index contributed by atoms with van der Waals surface area (Å²) in [6.45, 7) is 1.54. The number of carbonyl (C=O) groups excluding carboxylic acids is 2. The van der Waals surface area contributed by atoms with E-state index in [-0.39, 0.29) is 65.7 Å². The van der Waals surface area contributed by atoms with Crippen molar-refractivity contribution in [3.63, 3.8) is 0 Å². The Kier molecular flexibility index (Phi) is 24.5. The molecule has 0 amide bonds. The molecular weight excluding hydrogens is 490 g/mol. The van der Waals surface area contributed by atoms with Crippen LogP contribution in [0.25, 0.3) is 0 Å². The maximum atomic E-state index is 11.5. The van der Waals surface area contributed by atoms with E-state index in [1.807, 2.05) is 0 Å². The molecule has 0 spiro atoms. The Morgan fingerprint density at radius 3 is 1.72 bits per heavy atom. The van der Waals surface area contributed by atoms with E-state index >= 15 is 0 Å². The minimum absolute atomic E-state index is 0. The van der Waals surface area contributed by atoms with E-state index in [2.05, 4.69) is 11.7 Å². The number of carbonyl (C=O) groups is 2. The van der Waals surface area contributed by atoms with Crippen molar-refractivity contribution in [2.75, 3.05) is 31.3 Å². The molecule has 32 heavy (non-hydrogen) atoms. The third-order valence-corrected chi connectivity index (χ3v) is 4.94. The van der Waals surface area contributed by atoms with Gasteiger partial charge in [-0.25, -0.2) is 16.8 Å². The van der Waals surface area contributed by atoms with Gasteiger partial charge in [0.25, 0.3) is 0 Å². The van der Waals surface area contributed by atoms with Gasteiger partial charge in [-0.05, 0) is 6.42 Å². The Hall–Kier alpha value is 0.720. The van der Waals surface area contributed by atoms with Crippen LogP contribution in [-0.4, -0.2) is 75.3 Å². The molecule has 0 N–H and O–H groups in total. The van der Waals surface area contributed by atoms with Crippen molar-refractivity contribution in [1.29, 1.82) is 0 Å². The van der Waals surface area contributed by atoms with Crippen LogP contribution in [0.4, 0.5) is 0 Å². The Morgan fingerprint density at radius 1 is 0.750 bits per heavy atom. The van der Waals surface area contributed by atoms with E-state index in [1.165, 1.54) is 25.7 Å². The number of ether oxygens (including phenoxy) is 3. The fraction of sp³-hybridized carbons (Fsp3) is 0.882. The molecule has 11 nitrogen and oxygen atoms in total. The van der Waals surface area contributed by atoms with Crippen molar-refractivity contribution in [3.05, 3.63) is 0 Å². The first kappa shape index (κ1) is 37.3. The van der Waals surface area contributed by atoms with Crippen LogP contribution in [-0.2, 0) is 44.0 Å². The van der Waals surface area contributed by atoms with Crippen molar-refractivity contribution in [3.8, 4) is 0 Å². The predicted octanol–water partition coefficient (Wildman–Crippen LogP) is -5.30. The maximum Gasteiger partial charge on any atom is 1.00 e. The van der Waals surface area contributed by atoms with Gasteiger partial charge >= 0.3 is 71.1 Å². The molecule has 0 radical (unpaired) electrons. The summed E-state index contributed by atoms with van der Waals surface area (Å²) in [4.78, 5) is 22.8. The molecule has 0 rings (SSSR count). The minimum Gasteiger partial charge on any atom is -0.748 e. The molecule has 1 unspecified atom stereocenters. The van der Waals surface area contributed by atoms with Crippen molar-refractivity contribution in [2.24, 2.45) is 0 Å². The molecule has 0 bridgehead atoms. The van der Waals surface area contributed by atoms with E-state index in [1.54, 1.807) is 0 Å². The van der Waals surface area contributed by atoms with Crippen LogP contribution in [0.15, 0.2) is 0 Å². The average Bonchev–Trinajstić information content (AvgIpc) is 2.58. The van der Waals surface area contributed by atoms with Crippen LogP contribution in [0, 0.1) is 0 Å². The van der Waals surface area contributed by atoms with Crippen molar-refractivity contribution >= 4 is 32.2 Å². The summed E-state index contributed by atoms with van der Waals surface area (Å²) in [5, 5.41) is 0. The number of hydrogen-bond donors (Lipinski definition) is 0. The zero-order chi connectivity index (χ0) is 23.0. The van der Waals surface area contributed by atoms with Crippen LogP contribution in [0.3, 0.4) is 0 Å². The van der Waals surface area contributed by atoms with Gasteiger partial charge in [-0.1, -0.05) is 51.9 Å². The summed E-state index contributed by atoms with van der Waals surface area (Å²) in [6, 6.07) is 0. The van der Waals surface area contributed by atoms with Gasteiger partial charge in [-0.2, -0.15) is 0 Å². The second-order valence-corrected chi connectivity index (χ2v) is 9.56. The zero-order valence-electron chi connectivity index (χ0n) is 19.1. The fourth-order valence-electron chi connectivity index (χ4n) is 2.41. The summed E-state index contributed by atoms with van der Waals surface area (Å²) >= 11 is 0. The molecule has 0 aliphatic rings. The van der Waals surface area contributed by atoms with E-state index in [9.17, 15) is 35.5 Å². The van der Waals surface area contributed by atoms with Gasteiger partial charge in [0, 0.05) is 6.61 Å². The second kappa shape index (κ2) is 21.0. The summed E-state index contributed by atoms with van der Waals surface area (Å²) in [5.74, 6) is -5.53. The molecule has 0 saturated carbocycles. The number of hydrogen-bond acceptors (Lipinski definition) is 11. The Labute approximate surface area is 234 Å². The number of rotatable bonds is 18. The molecular formula is C17H30Na2O11S2. The predicted molar refractivity (Wildman–Crippen MR) is 103 cm³/mol. The van der Waals surface area contributed by atoms with Crippen molar-refractivity contribution < 1.29 is 109 Å². The largest absolute Gasteiger partial charge is 1.00 e. The third kappa shape index (κ3) is 27.0. The monoisotopic (exact) mass is 520 g/mol. The van der Waals surface area contributed by atoms with E-state index in [0.29, 0.717) is 6.61 Å². The molecule has 0 aromatic carbocycles. The van der Waals surface area contributed by atoms with Crippen molar-refractivity contribution in [2.45, 2.75) is 64.4 Å². The summed E-state index contributed by atoms with van der Waals surface area (Å²) in [6.07, 6.45) is 7.39. The standard InChI is InChI=1S/C17H32O11S2.2Na/c1-2-3-4-5-6-7-8-9-10-26-11-15(28-17(19)14-30(23,24)25)12-27-16(18)13-29(20,21)22;;/h15H,2-14H2,1H3,(H,20,21,22)(H,23,24,25);;/q;2*+1/p-2. The zero-order valence-corrected chi connectivity index (χ0v) is 24.7. The van der Waals surface area contributed by atoms with Gasteiger partial charge < -0.3 is 23.3 Å².